The van der Waals surface area contributed by atoms with Crippen molar-refractivity contribution in [1.29, 1.82) is 0 Å². The highest BCUT2D eigenvalue weighted by atomic mass is 127. The zero-order chi connectivity index (χ0) is 11.0. The highest BCUT2D eigenvalue weighted by Gasteiger charge is 2.29. The molecule has 2 N–H and O–H groups in total. The van der Waals surface area contributed by atoms with Crippen LogP contribution in [0, 0.1) is 3.70 Å². The van der Waals surface area contributed by atoms with Crippen LogP contribution in [-0.2, 0) is 6.42 Å². The molecule has 0 bridgehead atoms. The number of rotatable bonds is 2. The monoisotopic (exact) mass is 321 g/mol. The molecule has 0 spiro atoms. The fourth-order valence-electron chi connectivity index (χ4n) is 1.78. The molecule has 1 aromatic rings. The van der Waals surface area contributed by atoms with E-state index < -0.39 is 0 Å². The van der Waals surface area contributed by atoms with Gasteiger partial charge in [-0.15, -0.1) is 0 Å². The minimum absolute atomic E-state index is 0.00576. The van der Waals surface area contributed by atoms with Crippen molar-refractivity contribution in [3.05, 3.63) is 15.0 Å². The van der Waals surface area contributed by atoms with Gasteiger partial charge in [-0.2, -0.15) is 5.10 Å². The summed E-state index contributed by atoms with van der Waals surface area (Å²) in [6.07, 6.45) is 0.777. The van der Waals surface area contributed by atoms with E-state index in [1.165, 1.54) is 0 Å². The predicted molar refractivity (Wildman–Crippen MR) is 62.8 cm³/mol. The molecule has 1 aromatic heterocycles. The van der Waals surface area contributed by atoms with Crippen LogP contribution in [0.3, 0.4) is 0 Å². The van der Waals surface area contributed by atoms with Crippen LogP contribution in [0.15, 0.2) is 0 Å². The molecule has 15 heavy (non-hydrogen) atoms. The lowest BCUT2D eigenvalue weighted by molar-refractivity contribution is 0.0887. The van der Waals surface area contributed by atoms with Crippen LogP contribution in [0.1, 0.15) is 29.0 Å². The van der Waals surface area contributed by atoms with Crippen molar-refractivity contribution in [3.63, 3.8) is 0 Å². The zero-order valence-corrected chi connectivity index (χ0v) is 10.5. The number of fused-ring (bicyclic) bond motifs is 1. The SMILES string of the molecule is CCc1c(I)nn2c1C(=O)NCC2CO. The number of nitrogens with one attached hydrogen (secondary N) is 1. The van der Waals surface area contributed by atoms with Crippen LogP contribution in [0.2, 0.25) is 0 Å². The Kier molecular flexibility index (Phi) is 2.96. The van der Waals surface area contributed by atoms with Crippen molar-refractivity contribution in [3.8, 4) is 0 Å². The maximum absolute atomic E-state index is 11.7. The predicted octanol–water partition coefficient (Wildman–Crippen LogP) is 0.327. The second-order valence-corrected chi connectivity index (χ2v) is 4.48. The zero-order valence-electron chi connectivity index (χ0n) is 8.33. The van der Waals surface area contributed by atoms with Crippen molar-refractivity contribution in [2.75, 3.05) is 13.2 Å². The Bertz CT molecular complexity index is 402. The molecule has 0 aromatic carbocycles. The summed E-state index contributed by atoms with van der Waals surface area (Å²) in [5.41, 5.74) is 1.57. The van der Waals surface area contributed by atoms with Gasteiger partial charge >= 0.3 is 0 Å². The molecular formula is C9H12IN3O2. The minimum atomic E-state index is -0.133. The second-order valence-electron chi connectivity index (χ2n) is 3.46. The van der Waals surface area contributed by atoms with Gasteiger partial charge in [-0.25, -0.2) is 0 Å². The van der Waals surface area contributed by atoms with Gasteiger partial charge < -0.3 is 10.4 Å². The van der Waals surface area contributed by atoms with Crippen molar-refractivity contribution in [1.82, 2.24) is 15.1 Å². The first kappa shape index (κ1) is 10.9. The quantitative estimate of drug-likeness (QED) is 0.772. The van der Waals surface area contributed by atoms with Gasteiger partial charge in [-0.05, 0) is 29.0 Å². The van der Waals surface area contributed by atoms with E-state index in [4.69, 9.17) is 0 Å². The number of nitrogens with zero attached hydrogens (tertiary/aromatic N) is 2. The molecule has 0 radical (unpaired) electrons. The van der Waals surface area contributed by atoms with E-state index in [1.807, 2.05) is 6.92 Å². The topological polar surface area (TPSA) is 67.2 Å². The Morgan fingerprint density at radius 2 is 2.47 bits per heavy atom. The normalized spacial score (nSPS) is 19.9. The van der Waals surface area contributed by atoms with Crippen LogP contribution in [0.5, 0.6) is 0 Å². The first-order valence-electron chi connectivity index (χ1n) is 4.85. The van der Waals surface area contributed by atoms with Gasteiger partial charge in [0.05, 0.1) is 12.6 Å². The first-order valence-corrected chi connectivity index (χ1v) is 5.92. The summed E-state index contributed by atoms with van der Waals surface area (Å²) in [6, 6.07) is -0.133. The number of aliphatic hydroxyl groups is 1. The third kappa shape index (κ3) is 1.65. The number of halogens is 1. The molecule has 6 heteroatoms. The maximum atomic E-state index is 11.7. The molecule has 1 atom stereocenters. The summed E-state index contributed by atoms with van der Waals surface area (Å²) in [5, 5.41) is 16.3. The lowest BCUT2D eigenvalue weighted by Crippen LogP contribution is -2.41. The first-order chi connectivity index (χ1) is 7.19. The van der Waals surface area contributed by atoms with Gasteiger partial charge in [-0.3, -0.25) is 9.48 Å². The van der Waals surface area contributed by atoms with E-state index in [-0.39, 0.29) is 18.6 Å². The van der Waals surface area contributed by atoms with E-state index >= 15 is 0 Å². The standard InChI is InChI=1S/C9H12IN3O2/c1-2-6-7-9(15)11-3-5(4-14)13(7)12-8(6)10/h5,14H,2-4H2,1H3,(H,11,15). The molecule has 2 heterocycles. The van der Waals surface area contributed by atoms with E-state index in [9.17, 15) is 9.90 Å². The van der Waals surface area contributed by atoms with E-state index in [2.05, 4.69) is 33.0 Å². The van der Waals surface area contributed by atoms with Gasteiger partial charge in [-0.1, -0.05) is 6.92 Å². The summed E-state index contributed by atoms with van der Waals surface area (Å²) in [7, 11) is 0. The van der Waals surface area contributed by atoms with Gasteiger partial charge in [0.15, 0.2) is 0 Å². The molecule has 0 aliphatic carbocycles. The second kappa shape index (κ2) is 4.09. The van der Waals surface area contributed by atoms with Crippen LogP contribution in [0.4, 0.5) is 0 Å². The van der Waals surface area contributed by atoms with Crippen LogP contribution in [0.25, 0.3) is 0 Å². The highest BCUT2D eigenvalue weighted by molar-refractivity contribution is 14.1. The summed E-state index contributed by atoms with van der Waals surface area (Å²) in [5.74, 6) is -0.0908. The molecule has 0 saturated carbocycles. The number of hydrogen-bond donors (Lipinski definition) is 2. The Balaban J connectivity index is 2.56. The minimum Gasteiger partial charge on any atom is -0.394 e. The van der Waals surface area contributed by atoms with Crippen LogP contribution >= 0.6 is 22.6 Å². The fourth-order valence-corrected chi connectivity index (χ4v) is 2.65. The Morgan fingerprint density at radius 3 is 3.07 bits per heavy atom. The van der Waals surface area contributed by atoms with Crippen molar-refractivity contribution in [2.45, 2.75) is 19.4 Å². The van der Waals surface area contributed by atoms with Gasteiger partial charge in [0.1, 0.15) is 9.39 Å². The van der Waals surface area contributed by atoms with Gasteiger partial charge in [0.2, 0.25) is 0 Å². The van der Waals surface area contributed by atoms with Crippen molar-refractivity contribution in [2.24, 2.45) is 0 Å². The fraction of sp³-hybridized carbons (Fsp3) is 0.556. The average molecular weight is 321 g/mol. The number of aromatic nitrogens is 2. The van der Waals surface area contributed by atoms with Gasteiger partial charge in [0, 0.05) is 12.1 Å². The lowest BCUT2D eigenvalue weighted by Gasteiger charge is -2.23. The van der Waals surface area contributed by atoms with Gasteiger partial charge in [0.25, 0.3) is 5.91 Å². The molecule has 2 rings (SSSR count). The molecule has 1 aliphatic heterocycles. The molecule has 1 amide bonds. The largest absolute Gasteiger partial charge is 0.394 e. The Labute approximate surface area is 101 Å². The number of amides is 1. The molecule has 82 valence electrons. The Hall–Kier alpha value is -0.630. The van der Waals surface area contributed by atoms with Crippen molar-refractivity contribution >= 4 is 28.5 Å². The van der Waals surface area contributed by atoms with E-state index in [1.54, 1.807) is 4.68 Å². The average Bonchev–Trinajstić information content (AvgIpc) is 2.56. The van der Waals surface area contributed by atoms with E-state index in [0.29, 0.717) is 12.2 Å². The van der Waals surface area contributed by atoms with Crippen LogP contribution in [-0.4, -0.2) is 33.9 Å². The third-order valence-corrected chi connectivity index (χ3v) is 3.45. The lowest BCUT2D eigenvalue weighted by atomic mass is 10.1. The number of carbonyl (C=O) groups is 1. The molecular weight excluding hydrogens is 309 g/mol. The molecule has 0 saturated heterocycles. The maximum Gasteiger partial charge on any atom is 0.269 e. The summed E-state index contributed by atoms with van der Waals surface area (Å²) >= 11 is 2.12. The Morgan fingerprint density at radius 1 is 1.73 bits per heavy atom. The van der Waals surface area contributed by atoms with E-state index in [0.717, 1.165) is 15.7 Å². The van der Waals surface area contributed by atoms with Crippen molar-refractivity contribution < 1.29 is 9.90 Å². The summed E-state index contributed by atoms with van der Waals surface area (Å²) in [6.45, 7) is 2.44. The highest BCUT2D eigenvalue weighted by Crippen LogP contribution is 2.23. The number of carbonyl (C=O) groups excluding carboxylic acids is 1. The number of hydrogen-bond acceptors (Lipinski definition) is 3. The molecule has 5 nitrogen and oxygen atoms in total. The van der Waals surface area contributed by atoms with Crippen LogP contribution < -0.4 is 5.32 Å². The summed E-state index contributed by atoms with van der Waals surface area (Å²) in [4.78, 5) is 11.7. The third-order valence-electron chi connectivity index (χ3n) is 2.58. The smallest absolute Gasteiger partial charge is 0.269 e. The molecule has 1 aliphatic rings. The molecule has 0 fully saturated rings. The summed E-state index contributed by atoms with van der Waals surface area (Å²) < 4.78 is 2.50. The molecule has 1 unspecified atom stereocenters. The number of aliphatic hydroxyl groups excluding tert-OH is 1.